The third kappa shape index (κ3) is 7.26. The predicted molar refractivity (Wildman–Crippen MR) is 120 cm³/mol. The molecule has 1 saturated heterocycles. The SMILES string of the molecule is C[C@@H]1O[C@@H](OCCCCCC[C@@H](O)CC(=O)O)[C@H](O)C[C@H]1OC(=O)c1c[nH]c2ccccc12. The molecule has 2 heterocycles. The number of carbonyl (C=O) groups is 2. The quantitative estimate of drug-likeness (QED) is 0.278. The topological polar surface area (TPSA) is 138 Å². The minimum Gasteiger partial charge on any atom is -0.481 e. The second kappa shape index (κ2) is 12.1. The Morgan fingerprint density at radius 3 is 2.76 bits per heavy atom. The zero-order chi connectivity index (χ0) is 23.8. The molecule has 1 aromatic carbocycles. The highest BCUT2D eigenvalue weighted by atomic mass is 16.7. The number of carboxylic acids is 1. The summed E-state index contributed by atoms with van der Waals surface area (Å²) < 4.78 is 17.1. The van der Waals surface area contributed by atoms with Gasteiger partial charge in [0.15, 0.2) is 6.29 Å². The van der Waals surface area contributed by atoms with Crippen molar-refractivity contribution in [3.05, 3.63) is 36.0 Å². The molecule has 0 spiro atoms. The van der Waals surface area contributed by atoms with Crippen LogP contribution in [0.5, 0.6) is 0 Å². The van der Waals surface area contributed by atoms with Gasteiger partial charge in [-0.15, -0.1) is 0 Å². The molecule has 182 valence electrons. The maximum Gasteiger partial charge on any atom is 0.340 e. The summed E-state index contributed by atoms with van der Waals surface area (Å²) in [5.74, 6) is -1.46. The van der Waals surface area contributed by atoms with Crippen molar-refractivity contribution in [2.75, 3.05) is 6.61 Å². The van der Waals surface area contributed by atoms with E-state index in [1.807, 2.05) is 24.3 Å². The molecule has 0 unspecified atom stereocenters. The van der Waals surface area contributed by atoms with Crippen LogP contribution in [0.2, 0.25) is 0 Å². The average Bonchev–Trinajstić information content (AvgIpc) is 3.20. The second-order valence-corrected chi connectivity index (χ2v) is 8.53. The fourth-order valence-electron chi connectivity index (χ4n) is 4.01. The van der Waals surface area contributed by atoms with E-state index in [2.05, 4.69) is 4.98 Å². The molecule has 1 aliphatic heterocycles. The first kappa shape index (κ1) is 25.2. The first-order valence-corrected chi connectivity index (χ1v) is 11.5. The number of benzene rings is 1. The summed E-state index contributed by atoms with van der Waals surface area (Å²) in [6.07, 6.45) is 1.81. The van der Waals surface area contributed by atoms with Crippen LogP contribution in [0.15, 0.2) is 30.5 Å². The van der Waals surface area contributed by atoms with Crippen LogP contribution in [-0.2, 0) is 19.0 Å². The summed E-state index contributed by atoms with van der Waals surface area (Å²) in [5.41, 5.74) is 1.29. The molecule has 9 heteroatoms. The highest BCUT2D eigenvalue weighted by Crippen LogP contribution is 2.26. The number of aromatic amines is 1. The standard InChI is InChI=1S/C24H33NO8/c1-15-21(33-23(30)18-14-25-19-10-6-5-9-17(18)19)13-20(27)24(32-15)31-11-7-3-2-4-8-16(26)12-22(28)29/h5-6,9-10,14-16,20-21,24-27H,2-4,7-8,11-13H2,1H3,(H,28,29)/t15-,16+,20+,21+,24+/m0/s1. The lowest BCUT2D eigenvalue weighted by Gasteiger charge is -2.37. The van der Waals surface area contributed by atoms with Gasteiger partial charge in [0.1, 0.15) is 12.2 Å². The number of fused-ring (bicyclic) bond motifs is 1. The van der Waals surface area contributed by atoms with Crippen molar-refractivity contribution < 1.29 is 39.1 Å². The zero-order valence-corrected chi connectivity index (χ0v) is 18.8. The number of nitrogens with one attached hydrogen (secondary N) is 1. The van der Waals surface area contributed by atoms with Crippen molar-refractivity contribution in [3.63, 3.8) is 0 Å². The number of carboxylic acid groups (broad SMARTS) is 1. The summed E-state index contributed by atoms with van der Waals surface area (Å²) >= 11 is 0. The van der Waals surface area contributed by atoms with Crippen molar-refractivity contribution >= 4 is 22.8 Å². The number of esters is 1. The smallest absolute Gasteiger partial charge is 0.340 e. The predicted octanol–water partition coefficient (Wildman–Crippen LogP) is 2.99. The molecule has 0 bridgehead atoms. The van der Waals surface area contributed by atoms with E-state index in [-0.39, 0.29) is 12.8 Å². The minimum atomic E-state index is -0.994. The molecule has 33 heavy (non-hydrogen) atoms. The van der Waals surface area contributed by atoms with E-state index < -0.39 is 42.6 Å². The number of rotatable bonds is 12. The second-order valence-electron chi connectivity index (χ2n) is 8.53. The van der Waals surface area contributed by atoms with Crippen LogP contribution in [-0.4, -0.2) is 69.6 Å². The first-order chi connectivity index (χ1) is 15.8. The lowest BCUT2D eigenvalue weighted by molar-refractivity contribution is -0.260. The first-order valence-electron chi connectivity index (χ1n) is 11.5. The number of aliphatic hydroxyl groups excluding tert-OH is 2. The Balaban J connectivity index is 1.36. The van der Waals surface area contributed by atoms with E-state index in [4.69, 9.17) is 19.3 Å². The number of aromatic nitrogens is 1. The number of unbranched alkanes of at least 4 members (excludes halogenated alkanes) is 3. The molecule has 0 radical (unpaired) electrons. The van der Waals surface area contributed by atoms with Gasteiger partial charge in [-0.3, -0.25) is 4.79 Å². The molecule has 5 atom stereocenters. The molecule has 3 rings (SSSR count). The Bertz CT molecular complexity index is 913. The molecular weight excluding hydrogens is 430 g/mol. The average molecular weight is 464 g/mol. The highest BCUT2D eigenvalue weighted by Gasteiger charge is 2.38. The monoisotopic (exact) mass is 463 g/mol. The molecule has 1 aliphatic rings. The Morgan fingerprint density at radius 2 is 1.97 bits per heavy atom. The highest BCUT2D eigenvalue weighted by molar-refractivity contribution is 6.04. The number of ether oxygens (including phenoxy) is 3. The summed E-state index contributed by atoms with van der Waals surface area (Å²) in [6, 6.07) is 7.47. The molecule has 9 nitrogen and oxygen atoms in total. The van der Waals surface area contributed by atoms with Crippen molar-refractivity contribution in [1.29, 1.82) is 0 Å². The van der Waals surface area contributed by atoms with Crippen LogP contribution in [0.3, 0.4) is 0 Å². The van der Waals surface area contributed by atoms with Gasteiger partial charge in [-0.25, -0.2) is 4.79 Å². The largest absolute Gasteiger partial charge is 0.481 e. The lowest BCUT2D eigenvalue weighted by atomic mass is 10.0. The Hall–Kier alpha value is -2.46. The summed E-state index contributed by atoms with van der Waals surface area (Å²) in [5, 5.41) is 29.4. The maximum atomic E-state index is 12.7. The zero-order valence-electron chi connectivity index (χ0n) is 18.8. The molecule has 4 N–H and O–H groups in total. The number of aliphatic carboxylic acids is 1. The van der Waals surface area contributed by atoms with Crippen LogP contribution in [0.1, 0.15) is 62.2 Å². The molecule has 0 saturated carbocycles. The van der Waals surface area contributed by atoms with Crippen molar-refractivity contribution in [1.82, 2.24) is 4.98 Å². The van der Waals surface area contributed by atoms with Gasteiger partial charge >= 0.3 is 11.9 Å². The van der Waals surface area contributed by atoms with Gasteiger partial charge in [-0.1, -0.05) is 37.5 Å². The summed E-state index contributed by atoms with van der Waals surface area (Å²) in [4.78, 5) is 26.2. The maximum absolute atomic E-state index is 12.7. The van der Waals surface area contributed by atoms with E-state index in [9.17, 15) is 19.8 Å². The summed E-state index contributed by atoms with van der Waals surface area (Å²) in [7, 11) is 0. The van der Waals surface area contributed by atoms with Crippen molar-refractivity contribution in [2.45, 2.75) is 82.6 Å². The van der Waals surface area contributed by atoms with Gasteiger partial charge in [0.2, 0.25) is 0 Å². The Morgan fingerprint density at radius 1 is 1.21 bits per heavy atom. The third-order valence-electron chi connectivity index (χ3n) is 5.85. The van der Waals surface area contributed by atoms with Gasteiger partial charge < -0.3 is 34.5 Å². The van der Waals surface area contributed by atoms with Crippen LogP contribution < -0.4 is 0 Å². The molecule has 1 fully saturated rings. The normalized spacial score (nSPS) is 24.0. The van der Waals surface area contributed by atoms with Gasteiger partial charge in [0.05, 0.1) is 24.2 Å². The van der Waals surface area contributed by atoms with Gasteiger partial charge in [0, 0.05) is 30.1 Å². The molecular formula is C24H33NO8. The van der Waals surface area contributed by atoms with Gasteiger partial charge in [-0.2, -0.15) is 0 Å². The van der Waals surface area contributed by atoms with Crippen LogP contribution in [0.25, 0.3) is 10.9 Å². The van der Waals surface area contributed by atoms with Crippen LogP contribution >= 0.6 is 0 Å². The van der Waals surface area contributed by atoms with E-state index in [1.165, 1.54) is 0 Å². The fraction of sp³-hybridized carbons (Fsp3) is 0.583. The van der Waals surface area contributed by atoms with Gasteiger partial charge in [-0.05, 0) is 25.8 Å². The molecule has 0 amide bonds. The van der Waals surface area contributed by atoms with E-state index in [1.54, 1.807) is 13.1 Å². The molecule has 0 aliphatic carbocycles. The van der Waals surface area contributed by atoms with Crippen LogP contribution in [0.4, 0.5) is 0 Å². The van der Waals surface area contributed by atoms with E-state index in [0.717, 1.165) is 36.6 Å². The van der Waals surface area contributed by atoms with Crippen molar-refractivity contribution in [2.24, 2.45) is 0 Å². The van der Waals surface area contributed by atoms with Crippen LogP contribution in [0, 0.1) is 0 Å². The Labute approximate surface area is 192 Å². The third-order valence-corrected chi connectivity index (χ3v) is 5.85. The fourth-order valence-corrected chi connectivity index (χ4v) is 4.01. The number of carbonyl (C=O) groups excluding carboxylic acids is 1. The van der Waals surface area contributed by atoms with Crippen molar-refractivity contribution in [3.8, 4) is 0 Å². The van der Waals surface area contributed by atoms with E-state index >= 15 is 0 Å². The minimum absolute atomic E-state index is 0.224. The number of para-hydroxylation sites is 1. The number of hydrogen-bond donors (Lipinski definition) is 4. The summed E-state index contributed by atoms with van der Waals surface area (Å²) in [6.45, 7) is 2.20. The Kier molecular flexibility index (Phi) is 9.25. The molecule has 1 aromatic heterocycles. The van der Waals surface area contributed by atoms with Gasteiger partial charge in [0.25, 0.3) is 0 Å². The number of H-pyrrole nitrogens is 1. The number of hydrogen-bond acceptors (Lipinski definition) is 7. The lowest BCUT2D eigenvalue weighted by Crippen LogP contribution is -2.48. The molecule has 2 aromatic rings. The number of aliphatic hydroxyl groups is 2. The van der Waals surface area contributed by atoms with E-state index in [0.29, 0.717) is 18.6 Å².